The Morgan fingerprint density at radius 1 is 0.480 bits per heavy atom. The van der Waals surface area contributed by atoms with Crippen LogP contribution in [0.5, 0.6) is 0 Å². The lowest BCUT2D eigenvalue weighted by Crippen LogP contribution is -1.90. The molecule has 0 bridgehead atoms. The van der Waals surface area contributed by atoms with Gasteiger partial charge < -0.3 is 5.32 Å². The third-order valence-electron chi connectivity index (χ3n) is 4.07. The summed E-state index contributed by atoms with van der Waals surface area (Å²) in [4.78, 5) is 8.22. The summed E-state index contributed by atoms with van der Waals surface area (Å²) in [5.74, 6) is 0. The van der Waals surface area contributed by atoms with E-state index in [-0.39, 0.29) is 0 Å². The van der Waals surface area contributed by atoms with Crippen molar-refractivity contribution in [2.45, 2.75) is 0 Å². The molecular weight excluding hydrogens is 306 g/mol. The molecule has 0 aliphatic carbocycles. The maximum absolute atomic E-state index is 4.16. The zero-order valence-corrected chi connectivity index (χ0v) is 13.6. The largest absolute Gasteiger partial charge is 0.356 e. The summed E-state index contributed by atoms with van der Waals surface area (Å²) in [7, 11) is 0. The number of rotatable bonds is 4. The molecule has 0 spiro atoms. The number of hydrogen-bond acceptors (Lipinski definition) is 3. The van der Waals surface area contributed by atoms with Crippen LogP contribution in [0.15, 0.2) is 97.6 Å². The van der Waals surface area contributed by atoms with E-state index >= 15 is 0 Å². The predicted molar refractivity (Wildman–Crippen MR) is 103 cm³/mol. The Balaban J connectivity index is 1.49. The topological polar surface area (TPSA) is 37.8 Å². The van der Waals surface area contributed by atoms with Crippen LogP contribution in [-0.4, -0.2) is 9.97 Å². The van der Waals surface area contributed by atoms with Crippen LogP contribution in [0.2, 0.25) is 0 Å². The van der Waals surface area contributed by atoms with Crippen molar-refractivity contribution < 1.29 is 0 Å². The second-order valence-electron chi connectivity index (χ2n) is 5.76. The Kier molecular flexibility index (Phi) is 4.21. The highest BCUT2D eigenvalue weighted by molar-refractivity contribution is 5.70. The number of hydrogen-bond donors (Lipinski definition) is 1. The first kappa shape index (κ1) is 15.1. The van der Waals surface area contributed by atoms with Crippen LogP contribution in [-0.2, 0) is 0 Å². The zero-order chi connectivity index (χ0) is 16.9. The molecule has 2 aromatic carbocycles. The van der Waals surface area contributed by atoms with Crippen molar-refractivity contribution in [2.24, 2.45) is 0 Å². The summed E-state index contributed by atoms with van der Waals surface area (Å²) in [6, 6.07) is 24.8. The van der Waals surface area contributed by atoms with Gasteiger partial charge in [-0.1, -0.05) is 30.3 Å². The summed E-state index contributed by atoms with van der Waals surface area (Å²) >= 11 is 0. The molecule has 0 aliphatic rings. The number of anilines is 2. The molecule has 0 unspecified atom stereocenters. The molecule has 0 amide bonds. The van der Waals surface area contributed by atoms with Crippen LogP contribution in [0, 0.1) is 0 Å². The van der Waals surface area contributed by atoms with Crippen LogP contribution in [0.4, 0.5) is 11.4 Å². The molecule has 1 N–H and O–H groups in total. The van der Waals surface area contributed by atoms with Gasteiger partial charge in [-0.3, -0.25) is 9.97 Å². The molecule has 2 heterocycles. The molecule has 0 saturated carbocycles. The minimum absolute atomic E-state index is 1.06. The molecule has 0 radical (unpaired) electrons. The van der Waals surface area contributed by atoms with Crippen LogP contribution in [0.1, 0.15) is 0 Å². The molecule has 3 heteroatoms. The fourth-order valence-electron chi connectivity index (χ4n) is 2.74. The van der Waals surface area contributed by atoms with Crippen molar-refractivity contribution in [3.05, 3.63) is 97.6 Å². The zero-order valence-electron chi connectivity index (χ0n) is 13.6. The van der Waals surface area contributed by atoms with Gasteiger partial charge in [-0.25, -0.2) is 0 Å². The average molecular weight is 323 g/mol. The van der Waals surface area contributed by atoms with Crippen molar-refractivity contribution in [1.29, 1.82) is 0 Å². The number of benzene rings is 2. The average Bonchev–Trinajstić information content (AvgIpc) is 2.71. The number of nitrogens with one attached hydrogen (secondary N) is 1. The van der Waals surface area contributed by atoms with E-state index in [4.69, 9.17) is 0 Å². The smallest absolute Gasteiger partial charge is 0.0384 e. The van der Waals surface area contributed by atoms with E-state index in [0.717, 1.165) is 22.5 Å². The van der Waals surface area contributed by atoms with Gasteiger partial charge in [0.25, 0.3) is 0 Å². The van der Waals surface area contributed by atoms with Crippen molar-refractivity contribution in [3.8, 4) is 22.3 Å². The maximum atomic E-state index is 4.16. The van der Waals surface area contributed by atoms with Gasteiger partial charge in [-0.2, -0.15) is 0 Å². The lowest BCUT2D eigenvalue weighted by Gasteiger charge is -2.09. The van der Waals surface area contributed by atoms with Crippen LogP contribution >= 0.6 is 0 Å². The Bertz CT molecular complexity index is 851. The van der Waals surface area contributed by atoms with E-state index in [9.17, 15) is 0 Å². The number of pyridine rings is 2. The molecule has 0 aliphatic heterocycles. The molecule has 3 nitrogen and oxygen atoms in total. The minimum atomic E-state index is 1.06. The van der Waals surface area contributed by atoms with Gasteiger partial charge >= 0.3 is 0 Å². The normalized spacial score (nSPS) is 10.4. The second-order valence-corrected chi connectivity index (χ2v) is 5.76. The molecule has 2 aromatic heterocycles. The molecule has 0 fully saturated rings. The van der Waals surface area contributed by atoms with Gasteiger partial charge in [0.1, 0.15) is 0 Å². The molecule has 0 saturated heterocycles. The molecule has 120 valence electrons. The standard InChI is InChI=1S/C22H17N3/c1-2-20(16-24-13-1)18-5-9-22(10-6-18)25-21-7-3-17(4-8-21)19-11-14-23-15-12-19/h1-16,25H. The monoisotopic (exact) mass is 323 g/mol. The highest BCUT2D eigenvalue weighted by Gasteiger charge is 2.00. The van der Waals surface area contributed by atoms with Crippen LogP contribution in [0.25, 0.3) is 22.3 Å². The molecule has 25 heavy (non-hydrogen) atoms. The van der Waals surface area contributed by atoms with E-state index in [1.165, 1.54) is 11.1 Å². The van der Waals surface area contributed by atoms with Gasteiger partial charge in [0.05, 0.1) is 0 Å². The Morgan fingerprint density at radius 3 is 1.60 bits per heavy atom. The Labute approximate surface area is 147 Å². The predicted octanol–water partition coefficient (Wildman–Crippen LogP) is 5.55. The summed E-state index contributed by atoms with van der Waals surface area (Å²) in [5, 5.41) is 3.43. The van der Waals surface area contributed by atoms with E-state index in [1.54, 1.807) is 6.20 Å². The highest BCUT2D eigenvalue weighted by atomic mass is 14.9. The summed E-state index contributed by atoms with van der Waals surface area (Å²) in [6.45, 7) is 0. The summed E-state index contributed by atoms with van der Waals surface area (Å²) < 4.78 is 0. The first-order chi connectivity index (χ1) is 12.4. The van der Waals surface area contributed by atoms with E-state index in [0.29, 0.717) is 0 Å². The fraction of sp³-hybridized carbons (Fsp3) is 0. The van der Waals surface area contributed by atoms with Gasteiger partial charge in [0.15, 0.2) is 0 Å². The molecule has 0 atom stereocenters. The first-order valence-electron chi connectivity index (χ1n) is 8.16. The maximum Gasteiger partial charge on any atom is 0.0384 e. The fourth-order valence-corrected chi connectivity index (χ4v) is 2.74. The quantitative estimate of drug-likeness (QED) is 0.535. The third-order valence-corrected chi connectivity index (χ3v) is 4.07. The minimum Gasteiger partial charge on any atom is -0.356 e. The van der Waals surface area contributed by atoms with Crippen molar-refractivity contribution in [2.75, 3.05) is 5.32 Å². The number of nitrogens with zero attached hydrogens (tertiary/aromatic N) is 2. The highest BCUT2D eigenvalue weighted by Crippen LogP contribution is 2.25. The van der Waals surface area contributed by atoms with Crippen molar-refractivity contribution in [1.82, 2.24) is 9.97 Å². The molecular formula is C22H17N3. The van der Waals surface area contributed by atoms with Gasteiger partial charge in [-0.15, -0.1) is 0 Å². The van der Waals surface area contributed by atoms with E-state index in [1.807, 2.05) is 36.8 Å². The molecule has 4 rings (SSSR count). The second kappa shape index (κ2) is 6.97. The van der Waals surface area contributed by atoms with E-state index in [2.05, 4.69) is 69.9 Å². The summed E-state index contributed by atoms with van der Waals surface area (Å²) in [5.41, 5.74) is 6.75. The van der Waals surface area contributed by atoms with Crippen molar-refractivity contribution in [3.63, 3.8) is 0 Å². The lowest BCUT2D eigenvalue weighted by atomic mass is 10.1. The number of aromatic nitrogens is 2. The Morgan fingerprint density at radius 2 is 1.04 bits per heavy atom. The van der Waals surface area contributed by atoms with Gasteiger partial charge in [0.2, 0.25) is 0 Å². The van der Waals surface area contributed by atoms with Gasteiger partial charge in [0, 0.05) is 36.2 Å². The lowest BCUT2D eigenvalue weighted by molar-refractivity contribution is 1.33. The Hall–Kier alpha value is -3.46. The third kappa shape index (κ3) is 3.56. The van der Waals surface area contributed by atoms with E-state index < -0.39 is 0 Å². The van der Waals surface area contributed by atoms with Crippen LogP contribution < -0.4 is 5.32 Å². The van der Waals surface area contributed by atoms with Crippen molar-refractivity contribution >= 4 is 11.4 Å². The molecule has 4 aromatic rings. The summed E-state index contributed by atoms with van der Waals surface area (Å²) in [6.07, 6.45) is 7.28. The first-order valence-corrected chi connectivity index (χ1v) is 8.16. The van der Waals surface area contributed by atoms with Crippen LogP contribution in [0.3, 0.4) is 0 Å². The van der Waals surface area contributed by atoms with Gasteiger partial charge in [-0.05, 0) is 64.7 Å². The SMILES string of the molecule is c1cncc(-c2ccc(Nc3ccc(-c4ccncc4)cc3)cc2)c1.